The number of allylic oxidation sites excluding steroid dienone is 1. The molecule has 6 nitrogen and oxygen atoms in total. The fraction of sp³-hybridized carbons (Fsp3) is 0.0870. The van der Waals surface area contributed by atoms with Gasteiger partial charge in [0, 0.05) is 29.1 Å². The maximum atomic E-state index is 11.8. The Bertz CT molecular complexity index is 1330. The fourth-order valence-electron chi connectivity index (χ4n) is 3.27. The van der Waals surface area contributed by atoms with Gasteiger partial charge in [-0.15, -0.1) is 11.3 Å². The van der Waals surface area contributed by atoms with Gasteiger partial charge in [-0.1, -0.05) is 6.07 Å². The number of aromatic nitrogens is 2. The van der Waals surface area contributed by atoms with E-state index in [1.807, 2.05) is 54.6 Å². The summed E-state index contributed by atoms with van der Waals surface area (Å²) in [5, 5.41) is 8.83. The Balaban J connectivity index is 1.85. The van der Waals surface area contributed by atoms with Crippen molar-refractivity contribution in [3.8, 4) is 16.3 Å². The van der Waals surface area contributed by atoms with Crippen molar-refractivity contribution in [1.82, 2.24) is 9.97 Å². The third-order valence-corrected chi connectivity index (χ3v) is 7.42. The van der Waals surface area contributed by atoms with E-state index in [9.17, 15) is 4.21 Å². The van der Waals surface area contributed by atoms with Crippen LogP contribution in [0.3, 0.4) is 0 Å². The maximum absolute atomic E-state index is 11.8. The maximum Gasteiger partial charge on any atom is 0.118 e. The second-order valence-electron chi connectivity index (χ2n) is 6.73. The van der Waals surface area contributed by atoms with E-state index in [-0.39, 0.29) is 0 Å². The first-order chi connectivity index (χ1) is 15.0. The van der Waals surface area contributed by atoms with Gasteiger partial charge < -0.3 is 15.9 Å². The summed E-state index contributed by atoms with van der Waals surface area (Å²) < 4.78 is 17.8. The molecule has 0 aliphatic rings. The molecule has 3 N–H and O–H groups in total. The van der Waals surface area contributed by atoms with E-state index >= 15 is 0 Å². The van der Waals surface area contributed by atoms with Gasteiger partial charge in [0.25, 0.3) is 0 Å². The highest BCUT2D eigenvalue weighted by Gasteiger charge is 2.14. The number of ether oxygens (including phenoxy) is 1. The second-order valence-corrected chi connectivity index (χ2v) is 9.42. The molecule has 0 bridgehead atoms. The number of hydrogen-bond acceptors (Lipinski definition) is 7. The Hall–Kier alpha value is -3.36. The molecule has 4 aromatic rings. The summed E-state index contributed by atoms with van der Waals surface area (Å²) in [6, 6.07) is 16.9. The van der Waals surface area contributed by atoms with Gasteiger partial charge in [0.2, 0.25) is 0 Å². The monoisotopic (exact) mass is 448 g/mol. The van der Waals surface area contributed by atoms with Crippen LogP contribution in [0.15, 0.2) is 65.1 Å². The number of benzene rings is 2. The summed E-state index contributed by atoms with van der Waals surface area (Å²) in [4.78, 5) is 9.77. The number of fused-ring (bicyclic) bond motifs is 1. The normalized spacial score (nSPS) is 13.0. The van der Waals surface area contributed by atoms with Crippen LogP contribution in [0.5, 0.6) is 5.75 Å². The molecule has 0 fully saturated rings. The van der Waals surface area contributed by atoms with Crippen molar-refractivity contribution in [3.05, 3.63) is 72.1 Å². The Labute approximate surface area is 186 Å². The summed E-state index contributed by atoms with van der Waals surface area (Å²) in [5.74, 6) is 0.740. The zero-order valence-electron chi connectivity index (χ0n) is 17.0. The van der Waals surface area contributed by atoms with E-state index in [0.717, 1.165) is 42.6 Å². The molecular weight excluding hydrogens is 428 g/mol. The minimum atomic E-state index is -1.05. The van der Waals surface area contributed by atoms with Crippen molar-refractivity contribution in [1.29, 1.82) is 5.41 Å². The first kappa shape index (κ1) is 20.9. The van der Waals surface area contributed by atoms with Crippen molar-refractivity contribution in [3.63, 3.8) is 0 Å². The first-order valence-corrected chi connectivity index (χ1v) is 11.7. The molecule has 2 heterocycles. The standard InChI is InChI=1S/C23H20N4O2S2/c1-29-16-6-3-14(4-7-16)22(25)18(12-24)15-5-8-19-17(11-15)23(27-13-26-19)20-9-10-21(30-20)31(2)28/h3-13,24H,25H2,1-2H3. The van der Waals surface area contributed by atoms with Gasteiger partial charge in [-0.3, -0.25) is 4.21 Å². The number of hydrogen-bond donors (Lipinski definition) is 2. The molecule has 0 spiro atoms. The van der Waals surface area contributed by atoms with Crippen LogP contribution in [0.25, 0.3) is 32.7 Å². The summed E-state index contributed by atoms with van der Waals surface area (Å²) in [5.41, 5.74) is 10.7. The van der Waals surface area contributed by atoms with Gasteiger partial charge in [-0.25, -0.2) is 9.97 Å². The predicted molar refractivity (Wildman–Crippen MR) is 128 cm³/mol. The van der Waals surface area contributed by atoms with E-state index in [2.05, 4.69) is 9.97 Å². The molecule has 31 heavy (non-hydrogen) atoms. The lowest BCUT2D eigenvalue weighted by atomic mass is 9.98. The molecule has 0 radical (unpaired) electrons. The topological polar surface area (TPSA) is 102 Å². The third kappa shape index (κ3) is 4.12. The van der Waals surface area contributed by atoms with Crippen LogP contribution >= 0.6 is 11.3 Å². The highest BCUT2D eigenvalue weighted by Crippen LogP contribution is 2.34. The van der Waals surface area contributed by atoms with Crippen molar-refractivity contribution in [2.45, 2.75) is 4.21 Å². The van der Waals surface area contributed by atoms with Crippen LogP contribution in [0, 0.1) is 5.41 Å². The molecule has 0 aliphatic carbocycles. The van der Waals surface area contributed by atoms with Crippen molar-refractivity contribution in [2.75, 3.05) is 13.4 Å². The Morgan fingerprint density at radius 2 is 1.84 bits per heavy atom. The summed E-state index contributed by atoms with van der Waals surface area (Å²) in [6.07, 6.45) is 4.45. The number of nitrogens with one attached hydrogen (secondary N) is 1. The zero-order chi connectivity index (χ0) is 22.0. The number of thiophene rings is 1. The number of methoxy groups -OCH3 is 1. The molecular formula is C23H20N4O2S2. The van der Waals surface area contributed by atoms with E-state index < -0.39 is 10.8 Å². The molecule has 1 atom stereocenters. The smallest absolute Gasteiger partial charge is 0.118 e. The van der Waals surface area contributed by atoms with E-state index in [1.54, 1.807) is 13.4 Å². The van der Waals surface area contributed by atoms with Crippen LogP contribution in [-0.4, -0.2) is 33.8 Å². The fourth-order valence-corrected chi connectivity index (χ4v) is 5.01. The molecule has 4 rings (SSSR count). The number of nitrogens with zero attached hydrogens (tertiary/aromatic N) is 2. The van der Waals surface area contributed by atoms with Crippen LogP contribution in [-0.2, 0) is 10.8 Å². The highest BCUT2D eigenvalue weighted by molar-refractivity contribution is 7.86. The highest BCUT2D eigenvalue weighted by atomic mass is 32.2. The van der Waals surface area contributed by atoms with Gasteiger partial charge in [-0.05, 0) is 59.7 Å². The average Bonchev–Trinajstić information content (AvgIpc) is 3.29. The molecule has 0 amide bonds. The van der Waals surface area contributed by atoms with E-state index in [0.29, 0.717) is 11.3 Å². The van der Waals surface area contributed by atoms with Gasteiger partial charge in [0.15, 0.2) is 0 Å². The molecule has 156 valence electrons. The van der Waals surface area contributed by atoms with Crippen LogP contribution < -0.4 is 10.5 Å². The molecule has 0 saturated heterocycles. The number of rotatable bonds is 6. The SMILES string of the molecule is COc1ccc(C(N)=C(C=N)c2ccc3ncnc(-c4ccc(S(C)=O)s4)c3c2)cc1. The van der Waals surface area contributed by atoms with Gasteiger partial charge in [0.1, 0.15) is 12.1 Å². The van der Waals surface area contributed by atoms with Crippen molar-refractivity contribution in [2.24, 2.45) is 5.73 Å². The van der Waals surface area contributed by atoms with Gasteiger partial charge in [0.05, 0.1) is 38.2 Å². The molecule has 8 heteroatoms. The largest absolute Gasteiger partial charge is 0.497 e. The second kappa shape index (κ2) is 8.79. The van der Waals surface area contributed by atoms with Gasteiger partial charge >= 0.3 is 0 Å². The first-order valence-electron chi connectivity index (χ1n) is 9.35. The van der Waals surface area contributed by atoms with Gasteiger partial charge in [-0.2, -0.15) is 0 Å². The quantitative estimate of drug-likeness (QED) is 0.332. The number of nitrogens with two attached hydrogens (primary N) is 1. The lowest BCUT2D eigenvalue weighted by molar-refractivity contribution is 0.415. The third-order valence-electron chi connectivity index (χ3n) is 4.88. The van der Waals surface area contributed by atoms with E-state index in [4.69, 9.17) is 15.9 Å². The van der Waals surface area contributed by atoms with Crippen molar-refractivity contribution >= 4 is 50.5 Å². The Kier molecular flexibility index (Phi) is 5.92. The van der Waals surface area contributed by atoms with Crippen LogP contribution in [0.1, 0.15) is 11.1 Å². The minimum Gasteiger partial charge on any atom is -0.497 e. The predicted octanol–water partition coefficient (Wildman–Crippen LogP) is 4.58. The van der Waals surface area contributed by atoms with E-state index in [1.165, 1.54) is 23.9 Å². The minimum absolute atomic E-state index is 0.496. The lowest BCUT2D eigenvalue weighted by Crippen LogP contribution is -2.03. The summed E-state index contributed by atoms with van der Waals surface area (Å²) in [7, 11) is 0.565. The average molecular weight is 449 g/mol. The molecule has 0 saturated carbocycles. The van der Waals surface area contributed by atoms with Crippen molar-refractivity contribution < 1.29 is 8.95 Å². The van der Waals surface area contributed by atoms with Crippen LogP contribution in [0.4, 0.5) is 0 Å². The Morgan fingerprint density at radius 3 is 2.48 bits per heavy atom. The molecule has 0 aliphatic heterocycles. The lowest BCUT2D eigenvalue weighted by Gasteiger charge is -2.11. The zero-order valence-corrected chi connectivity index (χ0v) is 18.6. The van der Waals surface area contributed by atoms with Crippen LogP contribution in [0.2, 0.25) is 0 Å². The Morgan fingerprint density at radius 1 is 1.10 bits per heavy atom. The summed E-state index contributed by atoms with van der Waals surface area (Å²) in [6.45, 7) is 0. The summed E-state index contributed by atoms with van der Waals surface area (Å²) >= 11 is 1.45. The molecule has 2 aromatic heterocycles. The molecule has 1 unspecified atom stereocenters. The molecule has 2 aromatic carbocycles.